The van der Waals surface area contributed by atoms with E-state index in [1.807, 2.05) is 16.0 Å². The van der Waals surface area contributed by atoms with E-state index in [9.17, 15) is 9.59 Å². The number of amides is 1. The second kappa shape index (κ2) is 6.45. The van der Waals surface area contributed by atoms with Crippen molar-refractivity contribution >= 4 is 34.3 Å². The van der Waals surface area contributed by atoms with Crippen LogP contribution >= 0.6 is 11.3 Å². The van der Waals surface area contributed by atoms with Crippen molar-refractivity contribution in [1.29, 1.82) is 0 Å². The Kier molecular flexibility index (Phi) is 4.20. The summed E-state index contributed by atoms with van der Waals surface area (Å²) in [5.41, 5.74) is 1.89. The molecule has 1 aromatic carbocycles. The number of thiazole rings is 1. The molecule has 1 amide bonds. The highest BCUT2D eigenvalue weighted by Crippen LogP contribution is 2.13. The van der Waals surface area contributed by atoms with Gasteiger partial charge in [0.2, 0.25) is 5.91 Å². The Morgan fingerprint density at radius 1 is 1.30 bits per heavy atom. The van der Waals surface area contributed by atoms with E-state index in [4.69, 9.17) is 5.11 Å². The third-order valence-corrected chi connectivity index (χ3v) is 4.02. The van der Waals surface area contributed by atoms with Gasteiger partial charge in [0, 0.05) is 24.2 Å². The molecule has 0 spiro atoms. The lowest BCUT2D eigenvalue weighted by atomic mass is 10.1. The van der Waals surface area contributed by atoms with Crippen LogP contribution in [0.2, 0.25) is 0 Å². The van der Waals surface area contributed by atoms with Crippen LogP contribution in [-0.2, 0) is 11.3 Å². The Balaban J connectivity index is 1.58. The molecule has 2 aromatic heterocycles. The van der Waals surface area contributed by atoms with Crippen LogP contribution in [0.15, 0.2) is 48.1 Å². The lowest BCUT2D eigenvalue weighted by Crippen LogP contribution is -2.20. The van der Waals surface area contributed by atoms with Crippen LogP contribution < -0.4 is 5.32 Å². The molecule has 3 rings (SSSR count). The molecular formula is C16H13N3O3S. The number of nitrogens with one attached hydrogen (secondary N) is 1. The van der Waals surface area contributed by atoms with Crippen molar-refractivity contribution in [3.63, 3.8) is 0 Å². The fourth-order valence-corrected chi connectivity index (χ4v) is 2.74. The number of fused-ring (bicyclic) bond motifs is 1. The number of carboxylic acid groups (broad SMARTS) is 1. The number of aromatic carboxylic acids is 1. The fourth-order valence-electron chi connectivity index (χ4n) is 2.04. The van der Waals surface area contributed by atoms with Crippen molar-refractivity contribution in [1.82, 2.24) is 14.7 Å². The first kappa shape index (κ1) is 15.0. The number of carbonyl (C=O) groups is 2. The van der Waals surface area contributed by atoms with Gasteiger partial charge in [0.05, 0.1) is 17.5 Å². The minimum atomic E-state index is -0.968. The summed E-state index contributed by atoms with van der Waals surface area (Å²) in [6.07, 6.45) is 6.76. The number of rotatable bonds is 5. The summed E-state index contributed by atoms with van der Waals surface area (Å²) >= 11 is 1.53. The predicted molar refractivity (Wildman–Crippen MR) is 87.4 cm³/mol. The molecule has 23 heavy (non-hydrogen) atoms. The van der Waals surface area contributed by atoms with E-state index in [0.29, 0.717) is 6.54 Å². The van der Waals surface area contributed by atoms with Gasteiger partial charge in [0.1, 0.15) is 0 Å². The van der Waals surface area contributed by atoms with Crippen LogP contribution in [0, 0.1) is 0 Å². The number of imidazole rings is 1. The second-order valence-corrected chi connectivity index (χ2v) is 5.66. The normalized spacial score (nSPS) is 11.1. The maximum absolute atomic E-state index is 11.8. The molecule has 0 saturated carbocycles. The van der Waals surface area contributed by atoms with E-state index in [-0.39, 0.29) is 11.5 Å². The summed E-state index contributed by atoms with van der Waals surface area (Å²) in [4.78, 5) is 27.7. The molecule has 0 fully saturated rings. The van der Waals surface area contributed by atoms with Crippen molar-refractivity contribution in [2.24, 2.45) is 0 Å². The zero-order valence-electron chi connectivity index (χ0n) is 12.0. The summed E-state index contributed by atoms with van der Waals surface area (Å²) in [7, 11) is 0. The molecule has 7 heteroatoms. The summed E-state index contributed by atoms with van der Waals surface area (Å²) in [6.45, 7) is 0.337. The highest BCUT2D eigenvalue weighted by Gasteiger charge is 2.03. The molecule has 0 aliphatic heterocycles. The number of carbonyl (C=O) groups excluding carboxylic acids is 1. The van der Waals surface area contributed by atoms with Crippen molar-refractivity contribution in [3.8, 4) is 0 Å². The van der Waals surface area contributed by atoms with Gasteiger partial charge in [-0.1, -0.05) is 12.1 Å². The summed E-state index contributed by atoms with van der Waals surface area (Å²) in [5, 5.41) is 13.5. The van der Waals surface area contributed by atoms with E-state index in [2.05, 4.69) is 10.3 Å². The molecule has 6 nitrogen and oxygen atoms in total. The molecule has 2 N–H and O–H groups in total. The number of aromatic nitrogens is 2. The van der Waals surface area contributed by atoms with Crippen molar-refractivity contribution in [2.45, 2.75) is 6.54 Å². The summed E-state index contributed by atoms with van der Waals surface area (Å²) < 4.78 is 1.90. The summed E-state index contributed by atoms with van der Waals surface area (Å²) in [5.74, 6) is -1.19. The Labute approximate surface area is 135 Å². The molecule has 0 atom stereocenters. The highest BCUT2D eigenvalue weighted by atomic mass is 32.1. The lowest BCUT2D eigenvalue weighted by Gasteiger charge is -2.03. The molecule has 0 aliphatic rings. The maximum atomic E-state index is 11.8. The Morgan fingerprint density at radius 3 is 2.83 bits per heavy atom. The Bertz CT molecular complexity index is 878. The topological polar surface area (TPSA) is 83.7 Å². The van der Waals surface area contributed by atoms with Crippen LogP contribution in [0.3, 0.4) is 0 Å². The van der Waals surface area contributed by atoms with Gasteiger partial charge in [-0.25, -0.2) is 9.78 Å². The summed E-state index contributed by atoms with van der Waals surface area (Å²) in [6, 6.07) is 6.39. The van der Waals surface area contributed by atoms with E-state index in [0.717, 1.165) is 16.2 Å². The van der Waals surface area contributed by atoms with Crippen LogP contribution in [0.25, 0.3) is 11.0 Å². The molecule has 0 bridgehead atoms. The van der Waals surface area contributed by atoms with Gasteiger partial charge in [0.15, 0.2) is 4.96 Å². The third kappa shape index (κ3) is 3.46. The number of hydrogen-bond donors (Lipinski definition) is 2. The van der Waals surface area contributed by atoms with Gasteiger partial charge < -0.3 is 10.4 Å². The van der Waals surface area contributed by atoms with E-state index in [1.165, 1.54) is 29.5 Å². The van der Waals surface area contributed by atoms with Crippen LogP contribution in [-0.4, -0.2) is 26.4 Å². The van der Waals surface area contributed by atoms with Gasteiger partial charge in [-0.2, -0.15) is 0 Å². The van der Waals surface area contributed by atoms with E-state index in [1.54, 1.807) is 24.4 Å². The standard InChI is InChI=1S/C16H13N3O3S/c20-14(6-5-13-10-18-16-19(13)7-8-23-16)17-9-11-1-3-12(4-2-11)15(21)22/h1-8,10H,9H2,(H,17,20)(H,21,22)/b6-5+. The van der Waals surface area contributed by atoms with Gasteiger partial charge in [-0.3, -0.25) is 9.20 Å². The number of benzene rings is 1. The average molecular weight is 327 g/mol. The minimum Gasteiger partial charge on any atom is -0.478 e. The molecule has 0 unspecified atom stereocenters. The van der Waals surface area contributed by atoms with Gasteiger partial charge in [-0.05, 0) is 23.8 Å². The smallest absolute Gasteiger partial charge is 0.335 e. The first-order chi connectivity index (χ1) is 11.1. The maximum Gasteiger partial charge on any atom is 0.335 e. The molecule has 3 aromatic rings. The van der Waals surface area contributed by atoms with E-state index >= 15 is 0 Å². The first-order valence-electron chi connectivity index (χ1n) is 6.82. The van der Waals surface area contributed by atoms with Crippen molar-refractivity contribution in [3.05, 3.63) is 64.9 Å². The van der Waals surface area contributed by atoms with Gasteiger partial charge in [-0.15, -0.1) is 11.3 Å². The van der Waals surface area contributed by atoms with Crippen molar-refractivity contribution < 1.29 is 14.7 Å². The highest BCUT2D eigenvalue weighted by molar-refractivity contribution is 7.15. The largest absolute Gasteiger partial charge is 0.478 e. The molecular weight excluding hydrogens is 314 g/mol. The van der Waals surface area contributed by atoms with Crippen molar-refractivity contribution in [2.75, 3.05) is 0 Å². The molecule has 2 heterocycles. The molecule has 0 radical (unpaired) electrons. The molecule has 0 saturated heterocycles. The second-order valence-electron chi connectivity index (χ2n) is 4.79. The van der Waals surface area contributed by atoms with Crippen LogP contribution in [0.1, 0.15) is 21.6 Å². The lowest BCUT2D eigenvalue weighted by molar-refractivity contribution is -0.116. The first-order valence-corrected chi connectivity index (χ1v) is 7.70. The van der Waals surface area contributed by atoms with Gasteiger partial charge >= 0.3 is 5.97 Å². The number of carboxylic acids is 1. The zero-order chi connectivity index (χ0) is 16.2. The van der Waals surface area contributed by atoms with Crippen LogP contribution in [0.5, 0.6) is 0 Å². The number of hydrogen-bond acceptors (Lipinski definition) is 4. The fraction of sp³-hybridized carbons (Fsp3) is 0.0625. The van der Waals surface area contributed by atoms with Crippen LogP contribution in [0.4, 0.5) is 0 Å². The third-order valence-electron chi connectivity index (χ3n) is 3.25. The molecule has 116 valence electrons. The number of nitrogens with zero attached hydrogens (tertiary/aromatic N) is 2. The Hall–Kier alpha value is -2.93. The quantitative estimate of drug-likeness (QED) is 0.705. The average Bonchev–Trinajstić information content (AvgIpc) is 3.15. The Morgan fingerprint density at radius 2 is 2.09 bits per heavy atom. The zero-order valence-corrected chi connectivity index (χ0v) is 12.8. The minimum absolute atomic E-state index is 0.223. The SMILES string of the molecule is O=C(/C=C/c1cnc2sccn12)NCc1ccc(C(=O)O)cc1. The predicted octanol–water partition coefficient (Wildman–Crippen LogP) is 2.42. The monoisotopic (exact) mass is 327 g/mol. The molecule has 0 aliphatic carbocycles. The van der Waals surface area contributed by atoms with Gasteiger partial charge in [0.25, 0.3) is 0 Å². The van der Waals surface area contributed by atoms with E-state index < -0.39 is 5.97 Å².